The van der Waals surface area contributed by atoms with Crippen molar-refractivity contribution in [2.45, 2.75) is 54.1 Å². The Kier molecular flexibility index (Phi) is 10.8. The van der Waals surface area contributed by atoms with Crippen LogP contribution in [0, 0.1) is 27.7 Å². The Labute approximate surface area is 249 Å². The van der Waals surface area contributed by atoms with Crippen LogP contribution in [0.15, 0.2) is 24.5 Å². The Morgan fingerprint density at radius 3 is 1.82 bits per heavy atom. The quantitative estimate of drug-likeness (QED) is 0.268. The van der Waals surface area contributed by atoms with Gasteiger partial charge in [-0.15, -0.1) is 17.5 Å². The standard InChI is InChI=1S/C15H20ClN5O2.C10H12ClN5.ClH/c1-9-10(2)21(14(22)23-15(3,4)5)19-12(9)20(6)11-7-8-17-13(16)18-11;1-6-7(2)14-15-9(6)16(3)8-4-5-12-10(11)13-8;/h7-8H,1-6H3;4-5H,1-3H3,(H,14,15);1H. The normalized spacial score (nSPS) is 10.8. The van der Waals surface area contributed by atoms with Crippen molar-refractivity contribution < 1.29 is 9.53 Å². The predicted octanol–water partition coefficient (Wildman–Crippen LogP) is 6.15. The molecule has 0 radical (unpaired) electrons. The number of aromatic nitrogens is 8. The number of hydrogen-bond donors (Lipinski definition) is 1. The van der Waals surface area contributed by atoms with Gasteiger partial charge in [0.15, 0.2) is 11.6 Å². The van der Waals surface area contributed by atoms with E-state index in [1.165, 1.54) is 4.68 Å². The lowest BCUT2D eigenvalue weighted by molar-refractivity contribution is 0.0511. The van der Waals surface area contributed by atoms with Gasteiger partial charge in [-0.1, -0.05) is 0 Å². The Morgan fingerprint density at radius 2 is 1.40 bits per heavy atom. The van der Waals surface area contributed by atoms with Gasteiger partial charge in [0.25, 0.3) is 0 Å². The van der Waals surface area contributed by atoms with Crippen molar-refractivity contribution in [3.05, 3.63) is 57.6 Å². The van der Waals surface area contributed by atoms with E-state index in [1.54, 1.807) is 36.5 Å². The van der Waals surface area contributed by atoms with Crippen LogP contribution in [0.3, 0.4) is 0 Å². The van der Waals surface area contributed by atoms with Gasteiger partial charge in [0.1, 0.15) is 17.2 Å². The van der Waals surface area contributed by atoms with Gasteiger partial charge >= 0.3 is 6.09 Å². The van der Waals surface area contributed by atoms with Gasteiger partial charge in [-0.2, -0.15) is 9.78 Å². The molecule has 4 aromatic heterocycles. The lowest BCUT2D eigenvalue weighted by atomic mass is 10.2. The summed E-state index contributed by atoms with van der Waals surface area (Å²) in [5.74, 6) is 2.74. The molecule has 12 nitrogen and oxygen atoms in total. The predicted molar refractivity (Wildman–Crippen MR) is 159 cm³/mol. The molecule has 4 rings (SSSR count). The molecule has 40 heavy (non-hydrogen) atoms. The zero-order valence-corrected chi connectivity index (χ0v) is 26.1. The second-order valence-corrected chi connectivity index (χ2v) is 10.4. The molecule has 4 aromatic rings. The number of rotatable bonds is 4. The van der Waals surface area contributed by atoms with Crippen LogP contribution >= 0.6 is 35.6 Å². The number of aryl methyl sites for hydroxylation is 1. The van der Waals surface area contributed by atoms with Crippen molar-refractivity contribution in [1.82, 2.24) is 39.9 Å². The van der Waals surface area contributed by atoms with E-state index in [-0.39, 0.29) is 23.0 Å². The first-order valence-electron chi connectivity index (χ1n) is 11.9. The molecule has 0 unspecified atom stereocenters. The number of carbonyl (C=O) groups excluding carboxylic acids is 1. The fraction of sp³-hybridized carbons (Fsp3) is 0.400. The van der Waals surface area contributed by atoms with Gasteiger partial charge in [0, 0.05) is 43.3 Å². The molecule has 1 N–H and O–H groups in total. The maximum absolute atomic E-state index is 12.3. The maximum atomic E-state index is 12.3. The Hall–Kier alpha value is -3.48. The smallest absolute Gasteiger partial charge is 0.435 e. The number of carbonyl (C=O) groups is 1. The molecule has 0 aliphatic heterocycles. The second kappa shape index (κ2) is 13.2. The Morgan fingerprint density at radius 1 is 0.900 bits per heavy atom. The lowest BCUT2D eigenvalue weighted by Crippen LogP contribution is -2.28. The highest BCUT2D eigenvalue weighted by atomic mass is 35.5. The highest BCUT2D eigenvalue weighted by Gasteiger charge is 2.24. The summed E-state index contributed by atoms with van der Waals surface area (Å²) in [7, 11) is 3.69. The van der Waals surface area contributed by atoms with Gasteiger partial charge < -0.3 is 14.5 Å². The third-order valence-electron chi connectivity index (χ3n) is 5.73. The largest absolute Gasteiger partial charge is 0.442 e. The molecular weight excluding hydrogens is 579 g/mol. The van der Waals surface area contributed by atoms with Crippen molar-refractivity contribution in [2.75, 3.05) is 23.9 Å². The van der Waals surface area contributed by atoms with Crippen LogP contribution < -0.4 is 9.80 Å². The van der Waals surface area contributed by atoms with Crippen LogP contribution in [-0.4, -0.2) is 65.7 Å². The average Bonchev–Trinajstić information content (AvgIpc) is 3.35. The molecule has 0 spiro atoms. The van der Waals surface area contributed by atoms with Gasteiger partial charge in [-0.05, 0) is 83.8 Å². The van der Waals surface area contributed by atoms with Crippen LogP contribution in [0.1, 0.15) is 43.3 Å². The molecule has 0 saturated carbocycles. The van der Waals surface area contributed by atoms with Crippen LogP contribution in [0.2, 0.25) is 10.6 Å². The van der Waals surface area contributed by atoms with E-state index in [1.807, 2.05) is 60.4 Å². The molecule has 0 amide bonds. The van der Waals surface area contributed by atoms with Crippen molar-refractivity contribution >= 4 is 65.0 Å². The summed E-state index contributed by atoms with van der Waals surface area (Å²) in [5, 5.41) is 11.9. The first-order valence-corrected chi connectivity index (χ1v) is 12.7. The summed E-state index contributed by atoms with van der Waals surface area (Å²) in [6.07, 6.45) is 2.67. The minimum atomic E-state index is -0.588. The molecule has 4 heterocycles. The minimum absolute atomic E-state index is 0. The first kappa shape index (κ1) is 32.7. The second-order valence-electron chi connectivity index (χ2n) is 9.71. The summed E-state index contributed by atoms with van der Waals surface area (Å²) in [4.78, 5) is 31.9. The van der Waals surface area contributed by atoms with E-state index in [0.29, 0.717) is 17.3 Å². The van der Waals surface area contributed by atoms with Gasteiger partial charge in [0.05, 0.1) is 5.69 Å². The number of halogens is 3. The highest BCUT2D eigenvalue weighted by Crippen LogP contribution is 2.27. The van der Waals surface area contributed by atoms with Gasteiger partial charge in [-0.3, -0.25) is 5.10 Å². The average molecular weight is 612 g/mol. The van der Waals surface area contributed by atoms with Crippen molar-refractivity contribution in [2.24, 2.45) is 0 Å². The number of nitrogens with zero attached hydrogens (tertiary/aromatic N) is 9. The maximum Gasteiger partial charge on any atom is 0.435 e. The molecule has 0 atom stereocenters. The molecule has 0 aromatic carbocycles. The summed E-state index contributed by atoms with van der Waals surface area (Å²) in [6, 6.07) is 3.50. The third kappa shape index (κ3) is 7.80. The van der Waals surface area contributed by atoms with E-state index >= 15 is 0 Å². The fourth-order valence-corrected chi connectivity index (χ4v) is 3.69. The number of aromatic amines is 1. The number of ether oxygens (including phenoxy) is 1. The van der Waals surface area contributed by atoms with E-state index in [0.717, 1.165) is 28.5 Å². The van der Waals surface area contributed by atoms with Crippen molar-refractivity contribution in [1.29, 1.82) is 0 Å². The first-order chi connectivity index (χ1) is 18.2. The summed E-state index contributed by atoms with van der Waals surface area (Å²) in [6.45, 7) is 13.1. The number of hydrogen-bond acceptors (Lipinski definition) is 10. The molecule has 0 fully saturated rings. The summed E-state index contributed by atoms with van der Waals surface area (Å²) < 4.78 is 6.63. The number of anilines is 4. The van der Waals surface area contributed by atoms with Crippen LogP contribution in [0.5, 0.6) is 0 Å². The highest BCUT2D eigenvalue weighted by molar-refractivity contribution is 6.28. The summed E-state index contributed by atoms with van der Waals surface area (Å²) in [5.41, 5.74) is 3.11. The van der Waals surface area contributed by atoms with E-state index < -0.39 is 11.7 Å². The molecule has 0 bridgehead atoms. The number of H-pyrrole nitrogens is 1. The van der Waals surface area contributed by atoms with Crippen LogP contribution in [-0.2, 0) is 4.74 Å². The molecule has 15 heteroatoms. The fourth-order valence-electron chi connectivity index (χ4n) is 3.41. The van der Waals surface area contributed by atoms with E-state index in [2.05, 4.69) is 35.2 Å². The van der Waals surface area contributed by atoms with Crippen molar-refractivity contribution in [3.63, 3.8) is 0 Å². The van der Waals surface area contributed by atoms with Crippen molar-refractivity contribution in [3.8, 4) is 0 Å². The van der Waals surface area contributed by atoms with Gasteiger partial charge in [0.2, 0.25) is 10.6 Å². The summed E-state index contributed by atoms with van der Waals surface area (Å²) >= 11 is 11.6. The molecule has 0 aliphatic rings. The lowest BCUT2D eigenvalue weighted by Gasteiger charge is -2.19. The molecule has 0 aliphatic carbocycles. The minimum Gasteiger partial charge on any atom is -0.442 e. The van der Waals surface area contributed by atoms with E-state index in [4.69, 9.17) is 27.9 Å². The zero-order chi connectivity index (χ0) is 29.1. The van der Waals surface area contributed by atoms with Gasteiger partial charge in [-0.25, -0.2) is 24.7 Å². The molecular formula is C25H33Cl3N10O2. The van der Waals surface area contributed by atoms with Crippen LogP contribution in [0.4, 0.5) is 28.1 Å². The topological polar surface area (TPSA) is 131 Å². The zero-order valence-electron chi connectivity index (χ0n) is 23.8. The Balaban J connectivity index is 0.000000290. The third-order valence-corrected chi connectivity index (χ3v) is 6.09. The Bertz CT molecular complexity index is 1470. The molecule has 0 saturated heterocycles. The monoisotopic (exact) mass is 610 g/mol. The van der Waals surface area contributed by atoms with E-state index in [9.17, 15) is 4.79 Å². The van der Waals surface area contributed by atoms with Crippen LogP contribution in [0.25, 0.3) is 0 Å². The molecule has 216 valence electrons. The number of nitrogens with one attached hydrogen (secondary N) is 1. The SMILES string of the molecule is Cc1[nH]nc(N(C)c2ccnc(Cl)n2)c1C.Cc1c(N(C)c2ccnc(Cl)n2)nn(C(=O)OC(C)(C)C)c1C.Cl.